The number of thioether (sulfide) groups is 1. The molecule has 0 unspecified atom stereocenters. The average molecular weight is 364 g/mol. The fourth-order valence-electron chi connectivity index (χ4n) is 2.21. The number of benzene rings is 2. The van der Waals surface area contributed by atoms with E-state index < -0.39 is 0 Å². The molecular weight excluding hydrogens is 349 g/mol. The van der Waals surface area contributed by atoms with Crippen LogP contribution in [0.4, 0.5) is 0 Å². The van der Waals surface area contributed by atoms with Crippen molar-refractivity contribution >= 4 is 35.0 Å². The lowest BCUT2D eigenvalue weighted by atomic mass is 10.2. The van der Waals surface area contributed by atoms with Crippen molar-refractivity contribution in [2.45, 2.75) is 24.8 Å². The number of aromatic nitrogens is 3. The van der Waals surface area contributed by atoms with Crippen molar-refractivity contribution in [3.8, 4) is 5.69 Å². The van der Waals surface area contributed by atoms with Gasteiger partial charge in [-0.2, -0.15) is 0 Å². The first kappa shape index (κ1) is 16.4. The van der Waals surface area contributed by atoms with Crippen LogP contribution in [0.3, 0.4) is 0 Å². The molecule has 0 amide bonds. The summed E-state index contributed by atoms with van der Waals surface area (Å²) < 4.78 is 2.05. The first-order valence-electron chi connectivity index (χ1n) is 7.10. The van der Waals surface area contributed by atoms with Gasteiger partial charge in [0.15, 0.2) is 5.16 Å². The molecule has 2 aromatic carbocycles. The molecule has 3 rings (SSSR count). The van der Waals surface area contributed by atoms with Gasteiger partial charge in [-0.05, 0) is 43.7 Å². The van der Waals surface area contributed by atoms with Crippen LogP contribution in [-0.2, 0) is 5.75 Å². The molecule has 0 saturated heterocycles. The van der Waals surface area contributed by atoms with Crippen LogP contribution in [-0.4, -0.2) is 14.8 Å². The third-order valence-corrected chi connectivity index (χ3v) is 5.02. The molecule has 0 spiro atoms. The van der Waals surface area contributed by atoms with Crippen LogP contribution in [0, 0.1) is 13.8 Å². The highest BCUT2D eigenvalue weighted by Gasteiger charge is 2.12. The van der Waals surface area contributed by atoms with Crippen molar-refractivity contribution in [1.29, 1.82) is 0 Å². The molecule has 0 aliphatic rings. The van der Waals surface area contributed by atoms with Crippen LogP contribution in [0.2, 0.25) is 10.0 Å². The second-order valence-electron chi connectivity index (χ2n) is 5.23. The largest absolute Gasteiger partial charge is 0.274 e. The molecule has 0 aliphatic carbocycles. The van der Waals surface area contributed by atoms with Gasteiger partial charge in [-0.1, -0.05) is 58.7 Å². The van der Waals surface area contributed by atoms with Gasteiger partial charge in [-0.3, -0.25) is 4.57 Å². The Morgan fingerprint density at radius 3 is 2.43 bits per heavy atom. The van der Waals surface area contributed by atoms with E-state index in [1.165, 1.54) is 5.56 Å². The summed E-state index contributed by atoms with van der Waals surface area (Å²) in [6.45, 7) is 4.02. The monoisotopic (exact) mass is 363 g/mol. The summed E-state index contributed by atoms with van der Waals surface area (Å²) in [4.78, 5) is 0. The highest BCUT2D eigenvalue weighted by molar-refractivity contribution is 7.98. The van der Waals surface area contributed by atoms with Crippen molar-refractivity contribution in [3.05, 3.63) is 69.5 Å². The molecule has 118 valence electrons. The molecule has 6 heteroatoms. The Hall–Kier alpha value is -1.49. The number of rotatable bonds is 4. The third kappa shape index (κ3) is 3.71. The second kappa shape index (κ2) is 6.95. The highest BCUT2D eigenvalue weighted by Crippen LogP contribution is 2.29. The maximum absolute atomic E-state index is 6.23. The van der Waals surface area contributed by atoms with Crippen molar-refractivity contribution in [2.75, 3.05) is 0 Å². The zero-order valence-corrected chi connectivity index (χ0v) is 15.1. The van der Waals surface area contributed by atoms with Crippen molar-refractivity contribution in [1.82, 2.24) is 14.8 Å². The van der Waals surface area contributed by atoms with E-state index in [2.05, 4.69) is 41.4 Å². The maximum Gasteiger partial charge on any atom is 0.196 e. The fourth-order valence-corrected chi connectivity index (χ4v) is 3.76. The third-order valence-electron chi connectivity index (χ3n) is 3.46. The molecule has 3 aromatic rings. The molecule has 3 nitrogen and oxygen atoms in total. The lowest BCUT2D eigenvalue weighted by Gasteiger charge is -2.09. The standard InChI is InChI=1S/C17H15Cl2N3S/c1-11-3-7-15(8-4-11)22-12(2)20-21-17(22)23-10-13-5-6-14(18)9-16(13)19/h3-9H,10H2,1-2H3. The molecule has 23 heavy (non-hydrogen) atoms. The predicted octanol–water partition coefficient (Wildman–Crippen LogP) is 5.48. The zero-order chi connectivity index (χ0) is 16.4. The van der Waals surface area contributed by atoms with Crippen LogP contribution in [0.25, 0.3) is 5.69 Å². The van der Waals surface area contributed by atoms with Gasteiger partial charge in [0.1, 0.15) is 5.82 Å². The van der Waals surface area contributed by atoms with Gasteiger partial charge in [0.2, 0.25) is 0 Å². The summed E-state index contributed by atoms with van der Waals surface area (Å²) in [7, 11) is 0. The number of halogens is 2. The lowest BCUT2D eigenvalue weighted by molar-refractivity contribution is 0.868. The molecule has 0 N–H and O–H groups in total. The minimum absolute atomic E-state index is 0.641. The Morgan fingerprint density at radius 2 is 1.74 bits per heavy atom. The number of hydrogen-bond acceptors (Lipinski definition) is 3. The average Bonchev–Trinajstić information content (AvgIpc) is 2.88. The van der Waals surface area contributed by atoms with Gasteiger partial charge in [0.05, 0.1) is 0 Å². The Kier molecular flexibility index (Phi) is 4.95. The van der Waals surface area contributed by atoms with Crippen molar-refractivity contribution in [3.63, 3.8) is 0 Å². The Morgan fingerprint density at radius 1 is 1.00 bits per heavy atom. The second-order valence-corrected chi connectivity index (χ2v) is 7.01. The Bertz CT molecular complexity index is 828. The number of nitrogens with zero attached hydrogens (tertiary/aromatic N) is 3. The molecule has 1 heterocycles. The molecule has 0 aliphatic heterocycles. The van der Waals surface area contributed by atoms with Crippen LogP contribution in [0.1, 0.15) is 17.0 Å². The van der Waals surface area contributed by atoms with Crippen LogP contribution in [0.15, 0.2) is 47.6 Å². The Labute approximate surface area is 149 Å². The van der Waals surface area contributed by atoms with E-state index >= 15 is 0 Å². The lowest BCUT2D eigenvalue weighted by Crippen LogP contribution is -1.99. The number of hydrogen-bond donors (Lipinski definition) is 0. The molecule has 1 aromatic heterocycles. The van der Waals surface area contributed by atoms with Crippen LogP contribution in [0.5, 0.6) is 0 Å². The normalized spacial score (nSPS) is 11.0. The van der Waals surface area contributed by atoms with Gasteiger partial charge >= 0.3 is 0 Å². The van der Waals surface area contributed by atoms with Crippen LogP contribution < -0.4 is 0 Å². The van der Waals surface area contributed by atoms with E-state index in [0.29, 0.717) is 15.8 Å². The van der Waals surface area contributed by atoms with Gasteiger partial charge in [-0.15, -0.1) is 10.2 Å². The predicted molar refractivity (Wildman–Crippen MR) is 96.9 cm³/mol. The van der Waals surface area contributed by atoms with Gasteiger partial charge in [-0.25, -0.2) is 0 Å². The summed E-state index contributed by atoms with van der Waals surface area (Å²) in [6.07, 6.45) is 0. The minimum Gasteiger partial charge on any atom is -0.274 e. The molecule has 0 radical (unpaired) electrons. The van der Waals surface area contributed by atoms with E-state index in [0.717, 1.165) is 22.2 Å². The molecular formula is C17H15Cl2N3S. The smallest absolute Gasteiger partial charge is 0.196 e. The van der Waals surface area contributed by atoms with Gasteiger partial charge < -0.3 is 0 Å². The van der Waals surface area contributed by atoms with Gasteiger partial charge in [0, 0.05) is 21.5 Å². The molecule has 0 bridgehead atoms. The molecule has 0 saturated carbocycles. The summed E-state index contributed by atoms with van der Waals surface area (Å²) in [5.41, 5.74) is 3.31. The first-order chi connectivity index (χ1) is 11.0. The summed E-state index contributed by atoms with van der Waals surface area (Å²) in [5, 5.41) is 10.6. The summed E-state index contributed by atoms with van der Waals surface area (Å²) in [6, 6.07) is 13.9. The summed E-state index contributed by atoms with van der Waals surface area (Å²) >= 11 is 13.8. The first-order valence-corrected chi connectivity index (χ1v) is 8.84. The SMILES string of the molecule is Cc1ccc(-n2c(C)nnc2SCc2ccc(Cl)cc2Cl)cc1. The Balaban J connectivity index is 1.85. The quantitative estimate of drug-likeness (QED) is 0.574. The van der Waals surface area contributed by atoms with E-state index in [4.69, 9.17) is 23.2 Å². The van der Waals surface area contributed by atoms with E-state index in [1.807, 2.05) is 23.6 Å². The fraction of sp³-hybridized carbons (Fsp3) is 0.176. The van der Waals surface area contributed by atoms with E-state index in [-0.39, 0.29) is 0 Å². The van der Waals surface area contributed by atoms with Crippen molar-refractivity contribution in [2.24, 2.45) is 0 Å². The molecule has 0 fully saturated rings. The van der Waals surface area contributed by atoms with Crippen LogP contribution >= 0.6 is 35.0 Å². The summed E-state index contributed by atoms with van der Waals surface area (Å²) in [5.74, 6) is 1.57. The highest BCUT2D eigenvalue weighted by atomic mass is 35.5. The van der Waals surface area contributed by atoms with E-state index in [1.54, 1.807) is 17.8 Å². The molecule has 0 atom stereocenters. The minimum atomic E-state index is 0.641. The maximum atomic E-state index is 6.23. The van der Waals surface area contributed by atoms with Gasteiger partial charge in [0.25, 0.3) is 0 Å². The number of aryl methyl sites for hydroxylation is 2. The van der Waals surface area contributed by atoms with Crippen molar-refractivity contribution < 1.29 is 0 Å². The zero-order valence-electron chi connectivity index (χ0n) is 12.8. The van der Waals surface area contributed by atoms with E-state index in [9.17, 15) is 0 Å². The topological polar surface area (TPSA) is 30.7 Å².